The molecule has 0 amide bonds. The second-order valence-corrected chi connectivity index (χ2v) is 5.11. The molecular formula is C16H27NO2. The first-order valence-electron chi connectivity index (χ1n) is 7.22. The maximum absolute atomic E-state index is 9.22. The van der Waals surface area contributed by atoms with Gasteiger partial charge in [0, 0.05) is 19.8 Å². The van der Waals surface area contributed by atoms with Crippen molar-refractivity contribution in [2.45, 2.75) is 45.1 Å². The fourth-order valence-corrected chi connectivity index (χ4v) is 2.04. The second-order valence-electron chi connectivity index (χ2n) is 5.11. The molecule has 0 heterocycles. The second kappa shape index (κ2) is 9.82. The molecule has 0 aliphatic carbocycles. The van der Waals surface area contributed by atoms with E-state index in [0.29, 0.717) is 11.8 Å². The van der Waals surface area contributed by atoms with E-state index in [9.17, 15) is 5.11 Å². The third-order valence-corrected chi connectivity index (χ3v) is 3.32. The number of methoxy groups -OCH3 is 1. The van der Waals surface area contributed by atoms with Crippen molar-refractivity contribution in [2.24, 2.45) is 0 Å². The summed E-state index contributed by atoms with van der Waals surface area (Å²) in [6.45, 7) is 4.19. The SMILES string of the molecule is COCCCCCNC(C)CCc1ccc(O)cc1. The molecule has 0 aliphatic heterocycles. The lowest BCUT2D eigenvalue weighted by molar-refractivity contribution is 0.192. The summed E-state index contributed by atoms with van der Waals surface area (Å²) >= 11 is 0. The summed E-state index contributed by atoms with van der Waals surface area (Å²) in [4.78, 5) is 0. The quantitative estimate of drug-likeness (QED) is 0.639. The van der Waals surface area contributed by atoms with Crippen molar-refractivity contribution in [1.82, 2.24) is 5.32 Å². The summed E-state index contributed by atoms with van der Waals surface area (Å²) < 4.78 is 5.03. The van der Waals surface area contributed by atoms with Crippen molar-refractivity contribution in [3.8, 4) is 5.75 Å². The van der Waals surface area contributed by atoms with E-state index in [1.165, 1.54) is 18.4 Å². The van der Waals surface area contributed by atoms with Crippen LogP contribution in [0.25, 0.3) is 0 Å². The topological polar surface area (TPSA) is 41.5 Å². The first kappa shape index (κ1) is 16.0. The summed E-state index contributed by atoms with van der Waals surface area (Å²) in [5.41, 5.74) is 1.28. The molecule has 1 aromatic carbocycles. The first-order chi connectivity index (χ1) is 9.22. The van der Waals surface area contributed by atoms with Crippen LogP contribution >= 0.6 is 0 Å². The van der Waals surface area contributed by atoms with Crippen LogP contribution in [-0.2, 0) is 11.2 Å². The molecule has 1 atom stereocenters. The van der Waals surface area contributed by atoms with Crippen molar-refractivity contribution in [3.63, 3.8) is 0 Å². The van der Waals surface area contributed by atoms with Crippen molar-refractivity contribution < 1.29 is 9.84 Å². The van der Waals surface area contributed by atoms with Gasteiger partial charge >= 0.3 is 0 Å². The van der Waals surface area contributed by atoms with Gasteiger partial charge in [-0.3, -0.25) is 0 Å². The highest BCUT2D eigenvalue weighted by Crippen LogP contribution is 2.11. The first-order valence-corrected chi connectivity index (χ1v) is 7.22. The Bertz CT molecular complexity index is 324. The third kappa shape index (κ3) is 7.85. The van der Waals surface area contributed by atoms with Gasteiger partial charge < -0.3 is 15.2 Å². The minimum atomic E-state index is 0.339. The number of aromatic hydroxyl groups is 1. The van der Waals surface area contributed by atoms with E-state index in [1.54, 1.807) is 19.2 Å². The number of benzene rings is 1. The van der Waals surface area contributed by atoms with Gasteiger partial charge in [0.2, 0.25) is 0 Å². The van der Waals surface area contributed by atoms with Gasteiger partial charge in [0.15, 0.2) is 0 Å². The standard InChI is InChI=1S/C16H27NO2/c1-14(17-12-4-3-5-13-19-2)6-7-15-8-10-16(18)11-9-15/h8-11,14,17-18H,3-7,12-13H2,1-2H3. The number of rotatable bonds is 10. The van der Waals surface area contributed by atoms with E-state index in [0.717, 1.165) is 32.4 Å². The van der Waals surface area contributed by atoms with Gasteiger partial charge in [0.1, 0.15) is 5.75 Å². The number of hydrogen-bond donors (Lipinski definition) is 2. The van der Waals surface area contributed by atoms with Crippen molar-refractivity contribution in [2.75, 3.05) is 20.3 Å². The highest BCUT2D eigenvalue weighted by atomic mass is 16.5. The molecule has 0 saturated carbocycles. The number of phenolic OH excluding ortho intramolecular Hbond substituents is 1. The lowest BCUT2D eigenvalue weighted by atomic mass is 10.1. The summed E-state index contributed by atoms with van der Waals surface area (Å²) in [6, 6.07) is 8.03. The van der Waals surface area contributed by atoms with Crippen LogP contribution in [0.1, 0.15) is 38.2 Å². The molecule has 1 aromatic rings. The average Bonchev–Trinajstić information content (AvgIpc) is 2.42. The highest BCUT2D eigenvalue weighted by molar-refractivity contribution is 5.25. The lowest BCUT2D eigenvalue weighted by Crippen LogP contribution is -2.27. The Morgan fingerprint density at radius 3 is 2.58 bits per heavy atom. The van der Waals surface area contributed by atoms with Crippen LogP contribution in [0.5, 0.6) is 5.75 Å². The van der Waals surface area contributed by atoms with Crippen molar-refractivity contribution in [1.29, 1.82) is 0 Å². The Labute approximate surface area is 117 Å². The fraction of sp³-hybridized carbons (Fsp3) is 0.625. The van der Waals surface area contributed by atoms with Crippen LogP contribution in [0.15, 0.2) is 24.3 Å². The van der Waals surface area contributed by atoms with E-state index < -0.39 is 0 Å². The smallest absolute Gasteiger partial charge is 0.115 e. The predicted molar refractivity (Wildman–Crippen MR) is 79.6 cm³/mol. The Hall–Kier alpha value is -1.06. The van der Waals surface area contributed by atoms with Crippen molar-refractivity contribution in [3.05, 3.63) is 29.8 Å². The Balaban J connectivity index is 2.04. The van der Waals surface area contributed by atoms with Gasteiger partial charge in [-0.2, -0.15) is 0 Å². The highest BCUT2D eigenvalue weighted by Gasteiger charge is 2.02. The van der Waals surface area contributed by atoms with E-state index in [1.807, 2.05) is 12.1 Å². The normalized spacial score (nSPS) is 12.5. The summed E-state index contributed by atoms with van der Waals surface area (Å²) in [5.74, 6) is 0.339. The van der Waals surface area contributed by atoms with Gasteiger partial charge in [-0.1, -0.05) is 12.1 Å². The zero-order valence-corrected chi connectivity index (χ0v) is 12.2. The third-order valence-electron chi connectivity index (χ3n) is 3.32. The van der Waals surface area contributed by atoms with E-state index in [4.69, 9.17) is 4.74 Å². The molecule has 3 heteroatoms. The molecule has 0 saturated heterocycles. The molecule has 0 aromatic heterocycles. The van der Waals surface area contributed by atoms with Gasteiger partial charge in [0.25, 0.3) is 0 Å². The van der Waals surface area contributed by atoms with Crippen LogP contribution in [-0.4, -0.2) is 31.4 Å². The monoisotopic (exact) mass is 265 g/mol. The van der Waals surface area contributed by atoms with Crippen LogP contribution in [0, 0.1) is 0 Å². The summed E-state index contributed by atoms with van der Waals surface area (Å²) in [5, 5.41) is 12.8. The Morgan fingerprint density at radius 1 is 1.16 bits per heavy atom. The van der Waals surface area contributed by atoms with Crippen LogP contribution in [0.2, 0.25) is 0 Å². The molecule has 2 N–H and O–H groups in total. The predicted octanol–water partition coefficient (Wildman–Crippen LogP) is 3.12. The number of unbranched alkanes of at least 4 members (excludes halogenated alkanes) is 2. The number of nitrogens with one attached hydrogen (secondary N) is 1. The largest absolute Gasteiger partial charge is 0.508 e. The maximum Gasteiger partial charge on any atom is 0.115 e. The molecule has 0 aliphatic rings. The zero-order valence-electron chi connectivity index (χ0n) is 12.2. The number of aryl methyl sites for hydroxylation is 1. The molecule has 0 fully saturated rings. The molecule has 3 nitrogen and oxygen atoms in total. The van der Waals surface area contributed by atoms with Crippen LogP contribution in [0.3, 0.4) is 0 Å². The molecule has 0 bridgehead atoms. The van der Waals surface area contributed by atoms with E-state index in [-0.39, 0.29) is 0 Å². The number of phenols is 1. The van der Waals surface area contributed by atoms with Crippen LogP contribution < -0.4 is 5.32 Å². The van der Waals surface area contributed by atoms with Gasteiger partial charge in [-0.25, -0.2) is 0 Å². The number of ether oxygens (including phenoxy) is 1. The molecule has 0 spiro atoms. The Kier molecular flexibility index (Phi) is 8.26. The molecule has 19 heavy (non-hydrogen) atoms. The Morgan fingerprint density at radius 2 is 1.89 bits per heavy atom. The molecule has 1 unspecified atom stereocenters. The summed E-state index contributed by atoms with van der Waals surface area (Å²) in [7, 11) is 1.75. The summed E-state index contributed by atoms with van der Waals surface area (Å²) in [6.07, 6.45) is 5.78. The fourth-order valence-electron chi connectivity index (χ4n) is 2.04. The van der Waals surface area contributed by atoms with Crippen LogP contribution in [0.4, 0.5) is 0 Å². The lowest BCUT2D eigenvalue weighted by Gasteiger charge is -2.13. The van der Waals surface area contributed by atoms with Gasteiger partial charge in [-0.15, -0.1) is 0 Å². The maximum atomic E-state index is 9.22. The molecule has 0 radical (unpaired) electrons. The van der Waals surface area contributed by atoms with Gasteiger partial charge in [0.05, 0.1) is 0 Å². The van der Waals surface area contributed by atoms with Crippen molar-refractivity contribution >= 4 is 0 Å². The molecular weight excluding hydrogens is 238 g/mol. The minimum Gasteiger partial charge on any atom is -0.508 e. The average molecular weight is 265 g/mol. The number of hydrogen-bond acceptors (Lipinski definition) is 3. The van der Waals surface area contributed by atoms with E-state index >= 15 is 0 Å². The minimum absolute atomic E-state index is 0.339. The molecule has 1 rings (SSSR count). The van der Waals surface area contributed by atoms with E-state index in [2.05, 4.69) is 12.2 Å². The zero-order chi connectivity index (χ0) is 13.9. The van der Waals surface area contributed by atoms with Gasteiger partial charge in [-0.05, 0) is 63.3 Å². The molecule has 108 valence electrons.